The largest absolute Gasteiger partial charge is 0.491 e. The lowest BCUT2D eigenvalue weighted by Gasteiger charge is -2.15. The lowest BCUT2D eigenvalue weighted by atomic mass is 10.3. The summed E-state index contributed by atoms with van der Waals surface area (Å²) in [5, 5.41) is 10.3. The Morgan fingerprint density at radius 1 is 1.21 bits per heavy atom. The third-order valence-corrected chi connectivity index (χ3v) is 4.03. The maximum atomic E-state index is 10.3. The second-order valence-corrected chi connectivity index (χ2v) is 5.74. The summed E-state index contributed by atoms with van der Waals surface area (Å²) in [5.41, 5.74) is 1.94. The molecular weight excluding hydrogens is 308 g/mol. The maximum absolute atomic E-state index is 10.3. The van der Waals surface area contributed by atoms with Gasteiger partial charge in [0.1, 0.15) is 24.3 Å². The minimum absolute atomic E-state index is 0.186. The van der Waals surface area contributed by atoms with Crippen LogP contribution >= 0.6 is 0 Å². The van der Waals surface area contributed by atoms with Gasteiger partial charge < -0.3 is 23.9 Å². The zero-order chi connectivity index (χ0) is 16.5. The average molecular weight is 326 g/mol. The minimum Gasteiger partial charge on any atom is -0.491 e. The van der Waals surface area contributed by atoms with Gasteiger partial charge in [0.25, 0.3) is 0 Å². The average Bonchev–Trinajstić information content (AvgIpc) is 3.17. The van der Waals surface area contributed by atoms with Gasteiger partial charge in [0.05, 0.1) is 17.6 Å². The van der Waals surface area contributed by atoms with Crippen molar-refractivity contribution < 1.29 is 19.3 Å². The van der Waals surface area contributed by atoms with E-state index in [0.717, 1.165) is 16.9 Å². The number of aryl methyl sites for hydroxylation is 1. The molecule has 2 heterocycles. The molecule has 124 valence electrons. The van der Waals surface area contributed by atoms with Crippen LogP contribution in [0.3, 0.4) is 0 Å². The summed E-state index contributed by atoms with van der Waals surface area (Å²) in [6.45, 7) is 2.78. The molecule has 1 aromatic heterocycles. The zero-order valence-corrected chi connectivity index (χ0v) is 13.3. The van der Waals surface area contributed by atoms with E-state index in [2.05, 4.69) is 4.98 Å². The van der Waals surface area contributed by atoms with Crippen molar-refractivity contribution in [2.45, 2.75) is 19.6 Å². The van der Waals surface area contributed by atoms with Crippen molar-refractivity contribution in [2.24, 2.45) is 0 Å². The number of imidazole rings is 1. The molecule has 24 heavy (non-hydrogen) atoms. The summed E-state index contributed by atoms with van der Waals surface area (Å²) in [6, 6.07) is 13.3. The SMILES string of the molecule is Cc1nc2ccccc2n1C[C@H](O)COc1ccc2c(c1)OCO2. The lowest BCUT2D eigenvalue weighted by molar-refractivity contribution is 0.0928. The summed E-state index contributed by atoms with van der Waals surface area (Å²) >= 11 is 0. The molecule has 1 aliphatic rings. The normalized spacial score (nSPS) is 14.1. The van der Waals surface area contributed by atoms with Gasteiger partial charge in [-0.05, 0) is 31.2 Å². The molecule has 0 fully saturated rings. The third-order valence-electron chi connectivity index (χ3n) is 4.03. The standard InChI is InChI=1S/C18H18N2O4/c1-12-19-15-4-2-3-5-16(15)20(12)9-13(21)10-22-14-6-7-17-18(8-14)24-11-23-17/h2-8,13,21H,9-11H2,1H3/t13-/m0/s1. The van der Waals surface area contributed by atoms with Crippen molar-refractivity contribution in [1.29, 1.82) is 0 Å². The van der Waals surface area contributed by atoms with Crippen molar-refractivity contribution in [2.75, 3.05) is 13.4 Å². The Bertz CT molecular complexity index is 875. The van der Waals surface area contributed by atoms with Crippen LogP contribution in [-0.2, 0) is 6.54 Å². The Hall–Kier alpha value is -2.73. The molecule has 0 unspecified atom stereocenters. The second kappa shape index (κ2) is 6.05. The Morgan fingerprint density at radius 2 is 2.04 bits per heavy atom. The first-order valence-electron chi connectivity index (χ1n) is 7.83. The van der Waals surface area contributed by atoms with E-state index in [1.807, 2.05) is 35.8 Å². The summed E-state index contributed by atoms with van der Waals surface area (Å²) in [6.07, 6.45) is -0.647. The number of hydrogen-bond acceptors (Lipinski definition) is 5. The fourth-order valence-corrected chi connectivity index (χ4v) is 2.85. The highest BCUT2D eigenvalue weighted by molar-refractivity contribution is 5.75. The Balaban J connectivity index is 1.43. The van der Waals surface area contributed by atoms with Crippen molar-refractivity contribution in [3.8, 4) is 17.2 Å². The quantitative estimate of drug-likeness (QED) is 0.780. The number of aromatic nitrogens is 2. The molecule has 1 aliphatic heterocycles. The fraction of sp³-hybridized carbons (Fsp3) is 0.278. The minimum atomic E-state index is -0.647. The van der Waals surface area contributed by atoms with Gasteiger partial charge in [-0.3, -0.25) is 0 Å². The molecule has 4 rings (SSSR count). The fourth-order valence-electron chi connectivity index (χ4n) is 2.85. The van der Waals surface area contributed by atoms with Gasteiger partial charge in [-0.25, -0.2) is 4.98 Å². The van der Waals surface area contributed by atoms with E-state index in [1.165, 1.54) is 0 Å². The molecule has 0 saturated heterocycles. The first kappa shape index (κ1) is 14.8. The van der Waals surface area contributed by atoms with Gasteiger partial charge in [0.2, 0.25) is 6.79 Å². The molecule has 0 aliphatic carbocycles. The van der Waals surface area contributed by atoms with Crippen LogP contribution in [-0.4, -0.2) is 34.2 Å². The maximum Gasteiger partial charge on any atom is 0.231 e. The molecule has 0 radical (unpaired) electrons. The number of benzene rings is 2. The van der Waals surface area contributed by atoms with Crippen LogP contribution in [0.15, 0.2) is 42.5 Å². The molecule has 1 atom stereocenters. The molecule has 0 spiro atoms. The summed E-state index contributed by atoms with van der Waals surface area (Å²) in [7, 11) is 0. The van der Waals surface area contributed by atoms with Crippen molar-refractivity contribution in [3.05, 3.63) is 48.3 Å². The highest BCUT2D eigenvalue weighted by Gasteiger charge is 2.15. The number of fused-ring (bicyclic) bond motifs is 2. The van der Waals surface area contributed by atoms with Gasteiger partial charge in [-0.1, -0.05) is 12.1 Å². The Labute approximate surface area is 139 Å². The van der Waals surface area contributed by atoms with Gasteiger partial charge in [0, 0.05) is 6.07 Å². The van der Waals surface area contributed by atoms with Crippen LogP contribution in [0.5, 0.6) is 17.2 Å². The van der Waals surface area contributed by atoms with E-state index < -0.39 is 6.10 Å². The molecule has 3 aromatic rings. The van der Waals surface area contributed by atoms with Crippen LogP contribution < -0.4 is 14.2 Å². The van der Waals surface area contributed by atoms with E-state index in [4.69, 9.17) is 14.2 Å². The molecule has 6 heteroatoms. The van der Waals surface area contributed by atoms with Crippen molar-refractivity contribution in [3.63, 3.8) is 0 Å². The monoisotopic (exact) mass is 326 g/mol. The molecule has 0 bridgehead atoms. The molecule has 0 saturated carbocycles. The van der Waals surface area contributed by atoms with E-state index in [-0.39, 0.29) is 13.4 Å². The highest BCUT2D eigenvalue weighted by Crippen LogP contribution is 2.35. The zero-order valence-electron chi connectivity index (χ0n) is 13.3. The first-order valence-corrected chi connectivity index (χ1v) is 7.83. The molecular formula is C18H18N2O4. The third kappa shape index (κ3) is 2.76. The van der Waals surface area contributed by atoms with E-state index in [1.54, 1.807) is 18.2 Å². The summed E-state index contributed by atoms with van der Waals surface area (Å²) in [4.78, 5) is 4.50. The van der Waals surface area contributed by atoms with Crippen LogP contribution in [0.4, 0.5) is 0 Å². The molecule has 0 amide bonds. The van der Waals surface area contributed by atoms with E-state index >= 15 is 0 Å². The molecule has 6 nitrogen and oxygen atoms in total. The van der Waals surface area contributed by atoms with Gasteiger partial charge in [0.15, 0.2) is 11.5 Å². The summed E-state index contributed by atoms with van der Waals surface area (Å²) < 4.78 is 18.3. The topological polar surface area (TPSA) is 65.7 Å². The molecule has 1 N–H and O–H groups in total. The van der Waals surface area contributed by atoms with E-state index in [9.17, 15) is 5.11 Å². The Morgan fingerprint density at radius 3 is 2.96 bits per heavy atom. The lowest BCUT2D eigenvalue weighted by Crippen LogP contribution is -2.24. The van der Waals surface area contributed by atoms with Gasteiger partial charge >= 0.3 is 0 Å². The van der Waals surface area contributed by atoms with Gasteiger partial charge in [-0.2, -0.15) is 0 Å². The number of hydrogen-bond donors (Lipinski definition) is 1. The van der Waals surface area contributed by atoms with E-state index in [0.29, 0.717) is 23.8 Å². The van der Waals surface area contributed by atoms with Crippen LogP contribution in [0, 0.1) is 6.92 Å². The van der Waals surface area contributed by atoms with Crippen LogP contribution in [0.2, 0.25) is 0 Å². The summed E-state index contributed by atoms with van der Waals surface area (Å²) in [5.74, 6) is 2.89. The van der Waals surface area contributed by atoms with Crippen molar-refractivity contribution >= 4 is 11.0 Å². The Kier molecular flexibility index (Phi) is 3.74. The smallest absolute Gasteiger partial charge is 0.231 e. The number of para-hydroxylation sites is 2. The first-order chi connectivity index (χ1) is 11.7. The predicted molar refractivity (Wildman–Crippen MR) is 88.5 cm³/mol. The highest BCUT2D eigenvalue weighted by atomic mass is 16.7. The van der Waals surface area contributed by atoms with Crippen molar-refractivity contribution in [1.82, 2.24) is 9.55 Å². The van der Waals surface area contributed by atoms with Crippen LogP contribution in [0.1, 0.15) is 5.82 Å². The number of ether oxygens (including phenoxy) is 3. The molecule has 2 aromatic carbocycles. The van der Waals surface area contributed by atoms with Crippen LogP contribution in [0.25, 0.3) is 11.0 Å². The number of nitrogens with zero attached hydrogens (tertiary/aromatic N) is 2. The number of rotatable bonds is 5. The number of aliphatic hydroxyl groups excluding tert-OH is 1. The number of aliphatic hydroxyl groups is 1. The van der Waals surface area contributed by atoms with Gasteiger partial charge in [-0.15, -0.1) is 0 Å². The second-order valence-electron chi connectivity index (χ2n) is 5.74. The predicted octanol–water partition coefficient (Wildman–Crippen LogP) is 2.51.